The summed E-state index contributed by atoms with van der Waals surface area (Å²) >= 11 is 0. The highest BCUT2D eigenvalue weighted by atomic mass is 16.5. The standard InChI is InChI=1S/C25H26N2O7/c1-3-32-21-9-5-4-8-20(21)26-22(28)15(2)34-25(31)16-10-11-18-19(13-16)24(30)27(23(18)29)14-17-7-6-12-33-17/h4-5,8-11,13,15,17H,3,6-7,12,14H2,1-2H3,(H,26,28). The number of amides is 3. The number of nitrogens with one attached hydrogen (secondary N) is 1. The molecule has 0 aromatic heterocycles. The number of para-hydroxylation sites is 2. The van der Waals surface area contributed by atoms with Crippen LogP contribution in [0.5, 0.6) is 5.75 Å². The number of hydrogen-bond donors (Lipinski definition) is 1. The van der Waals surface area contributed by atoms with E-state index in [1.54, 1.807) is 24.3 Å². The largest absolute Gasteiger partial charge is 0.492 e. The molecule has 2 heterocycles. The van der Waals surface area contributed by atoms with Crippen LogP contribution in [0.4, 0.5) is 5.69 Å². The summed E-state index contributed by atoms with van der Waals surface area (Å²) in [5, 5.41) is 2.69. The first kappa shape index (κ1) is 23.4. The van der Waals surface area contributed by atoms with Gasteiger partial charge in [0, 0.05) is 6.61 Å². The smallest absolute Gasteiger partial charge is 0.338 e. The van der Waals surface area contributed by atoms with Crippen LogP contribution in [0.2, 0.25) is 0 Å². The molecule has 9 heteroatoms. The van der Waals surface area contributed by atoms with Crippen molar-refractivity contribution in [2.24, 2.45) is 0 Å². The van der Waals surface area contributed by atoms with Crippen LogP contribution < -0.4 is 10.1 Å². The third-order valence-electron chi connectivity index (χ3n) is 5.71. The first-order valence-electron chi connectivity index (χ1n) is 11.2. The minimum absolute atomic E-state index is 0.0771. The number of rotatable bonds is 8. The van der Waals surface area contributed by atoms with Crippen LogP contribution >= 0.6 is 0 Å². The monoisotopic (exact) mass is 466 g/mol. The van der Waals surface area contributed by atoms with Gasteiger partial charge in [0.05, 0.1) is 41.6 Å². The maximum Gasteiger partial charge on any atom is 0.338 e. The molecule has 2 aliphatic heterocycles. The van der Waals surface area contributed by atoms with E-state index in [9.17, 15) is 19.2 Å². The van der Waals surface area contributed by atoms with Crippen molar-refractivity contribution >= 4 is 29.4 Å². The molecule has 1 saturated heterocycles. The number of benzene rings is 2. The van der Waals surface area contributed by atoms with Gasteiger partial charge in [-0.2, -0.15) is 0 Å². The number of carbonyl (C=O) groups excluding carboxylic acids is 4. The number of ether oxygens (including phenoxy) is 3. The van der Waals surface area contributed by atoms with E-state index in [4.69, 9.17) is 14.2 Å². The molecule has 4 rings (SSSR count). The molecule has 2 atom stereocenters. The third kappa shape index (κ3) is 4.79. The highest BCUT2D eigenvalue weighted by molar-refractivity contribution is 6.22. The Labute approximate surface area is 197 Å². The van der Waals surface area contributed by atoms with Gasteiger partial charge in [0.25, 0.3) is 17.7 Å². The molecular weight excluding hydrogens is 440 g/mol. The fourth-order valence-electron chi connectivity index (χ4n) is 3.94. The Balaban J connectivity index is 1.41. The second-order valence-electron chi connectivity index (χ2n) is 8.08. The van der Waals surface area contributed by atoms with Gasteiger partial charge in [-0.1, -0.05) is 12.1 Å². The molecule has 9 nitrogen and oxygen atoms in total. The summed E-state index contributed by atoms with van der Waals surface area (Å²) < 4.78 is 16.3. The van der Waals surface area contributed by atoms with Crippen LogP contribution in [0.15, 0.2) is 42.5 Å². The molecule has 178 valence electrons. The zero-order chi connectivity index (χ0) is 24.2. The summed E-state index contributed by atoms with van der Waals surface area (Å²) in [4.78, 5) is 51.9. The number of fused-ring (bicyclic) bond motifs is 1. The third-order valence-corrected chi connectivity index (χ3v) is 5.71. The molecule has 2 unspecified atom stereocenters. The molecular formula is C25H26N2O7. The Morgan fingerprint density at radius 1 is 1.15 bits per heavy atom. The number of anilines is 1. The Kier molecular flexibility index (Phi) is 6.93. The Morgan fingerprint density at radius 2 is 1.91 bits per heavy atom. The van der Waals surface area contributed by atoms with Crippen molar-refractivity contribution in [2.45, 2.75) is 38.9 Å². The van der Waals surface area contributed by atoms with E-state index in [0.29, 0.717) is 24.7 Å². The summed E-state index contributed by atoms with van der Waals surface area (Å²) in [5.74, 6) is -1.68. The Morgan fingerprint density at radius 3 is 2.65 bits per heavy atom. The topological polar surface area (TPSA) is 111 Å². The van der Waals surface area contributed by atoms with E-state index >= 15 is 0 Å². The number of carbonyl (C=O) groups is 4. The second kappa shape index (κ2) is 10.0. The minimum atomic E-state index is -1.11. The highest BCUT2D eigenvalue weighted by Crippen LogP contribution is 2.27. The van der Waals surface area contributed by atoms with Gasteiger partial charge in [0.15, 0.2) is 6.10 Å². The van der Waals surface area contributed by atoms with Crippen molar-refractivity contribution in [3.8, 4) is 5.75 Å². The summed E-state index contributed by atoms with van der Waals surface area (Å²) in [5.41, 5.74) is 0.913. The molecule has 0 saturated carbocycles. The SMILES string of the molecule is CCOc1ccccc1NC(=O)C(C)OC(=O)c1ccc2c(c1)C(=O)N(CC1CCCO1)C2=O. The summed E-state index contributed by atoms with van der Waals surface area (Å²) in [6.07, 6.45) is 0.412. The number of hydrogen-bond acceptors (Lipinski definition) is 7. The second-order valence-corrected chi connectivity index (χ2v) is 8.08. The predicted molar refractivity (Wildman–Crippen MR) is 122 cm³/mol. The lowest BCUT2D eigenvalue weighted by Gasteiger charge is -2.17. The fourth-order valence-corrected chi connectivity index (χ4v) is 3.94. The quantitative estimate of drug-likeness (QED) is 0.470. The van der Waals surface area contributed by atoms with Crippen molar-refractivity contribution in [3.05, 3.63) is 59.2 Å². The van der Waals surface area contributed by atoms with Crippen LogP contribution in [0.25, 0.3) is 0 Å². The van der Waals surface area contributed by atoms with E-state index in [1.165, 1.54) is 25.1 Å². The molecule has 0 radical (unpaired) electrons. The summed E-state index contributed by atoms with van der Waals surface area (Å²) in [6, 6.07) is 11.1. The van der Waals surface area contributed by atoms with Crippen molar-refractivity contribution in [1.82, 2.24) is 4.90 Å². The molecule has 1 N–H and O–H groups in total. The van der Waals surface area contributed by atoms with E-state index < -0.39 is 29.8 Å². The van der Waals surface area contributed by atoms with E-state index in [0.717, 1.165) is 17.7 Å². The van der Waals surface area contributed by atoms with Gasteiger partial charge in [0.2, 0.25) is 0 Å². The van der Waals surface area contributed by atoms with Crippen LogP contribution in [-0.4, -0.2) is 60.6 Å². The lowest BCUT2D eigenvalue weighted by atomic mass is 10.1. The average Bonchev–Trinajstić information content (AvgIpc) is 3.43. The van der Waals surface area contributed by atoms with Gasteiger partial charge < -0.3 is 19.5 Å². The van der Waals surface area contributed by atoms with Gasteiger partial charge in [0.1, 0.15) is 5.75 Å². The molecule has 2 aromatic carbocycles. The maximum atomic E-state index is 12.8. The van der Waals surface area contributed by atoms with E-state index in [1.807, 2.05) is 6.92 Å². The lowest BCUT2D eigenvalue weighted by Crippen LogP contribution is -2.36. The molecule has 3 amide bonds. The molecule has 0 aliphatic carbocycles. The molecule has 1 fully saturated rings. The number of imide groups is 1. The lowest BCUT2D eigenvalue weighted by molar-refractivity contribution is -0.123. The van der Waals surface area contributed by atoms with Crippen molar-refractivity contribution < 1.29 is 33.4 Å². The summed E-state index contributed by atoms with van der Waals surface area (Å²) in [7, 11) is 0. The zero-order valence-corrected chi connectivity index (χ0v) is 19.0. The molecule has 34 heavy (non-hydrogen) atoms. The van der Waals surface area contributed by atoms with E-state index in [-0.39, 0.29) is 29.3 Å². The normalized spacial score (nSPS) is 17.9. The summed E-state index contributed by atoms with van der Waals surface area (Å²) in [6.45, 7) is 4.52. The highest BCUT2D eigenvalue weighted by Gasteiger charge is 2.38. The first-order valence-corrected chi connectivity index (χ1v) is 11.2. The van der Waals surface area contributed by atoms with Crippen LogP contribution in [0, 0.1) is 0 Å². The van der Waals surface area contributed by atoms with Gasteiger partial charge in [-0.25, -0.2) is 4.79 Å². The zero-order valence-electron chi connectivity index (χ0n) is 19.0. The molecule has 0 spiro atoms. The molecule has 2 aliphatic rings. The Hall–Kier alpha value is -3.72. The predicted octanol–water partition coefficient (Wildman–Crippen LogP) is 3.04. The molecule has 2 aromatic rings. The number of nitrogens with zero attached hydrogens (tertiary/aromatic N) is 1. The van der Waals surface area contributed by atoms with Gasteiger partial charge in [-0.15, -0.1) is 0 Å². The average molecular weight is 466 g/mol. The fraction of sp³-hybridized carbons (Fsp3) is 0.360. The van der Waals surface area contributed by atoms with E-state index in [2.05, 4.69) is 5.32 Å². The maximum absolute atomic E-state index is 12.8. The first-order chi connectivity index (χ1) is 16.4. The van der Waals surface area contributed by atoms with Crippen LogP contribution in [0.3, 0.4) is 0 Å². The van der Waals surface area contributed by atoms with Gasteiger partial charge >= 0.3 is 5.97 Å². The Bertz CT molecular complexity index is 1120. The van der Waals surface area contributed by atoms with Crippen LogP contribution in [0.1, 0.15) is 57.8 Å². The van der Waals surface area contributed by atoms with Crippen LogP contribution in [-0.2, 0) is 14.3 Å². The minimum Gasteiger partial charge on any atom is -0.492 e. The van der Waals surface area contributed by atoms with Crippen molar-refractivity contribution in [3.63, 3.8) is 0 Å². The molecule has 0 bridgehead atoms. The van der Waals surface area contributed by atoms with Crippen molar-refractivity contribution in [1.29, 1.82) is 0 Å². The van der Waals surface area contributed by atoms with Gasteiger partial charge in [-0.05, 0) is 57.0 Å². The number of esters is 1. The van der Waals surface area contributed by atoms with Gasteiger partial charge in [-0.3, -0.25) is 19.3 Å². The van der Waals surface area contributed by atoms with Crippen molar-refractivity contribution in [2.75, 3.05) is 25.1 Å².